The highest BCUT2D eigenvalue weighted by atomic mass is 19.1. The second-order valence-electron chi connectivity index (χ2n) is 5.21. The fourth-order valence-corrected chi connectivity index (χ4v) is 2.70. The van der Waals surface area contributed by atoms with Crippen LogP contribution in [0.15, 0.2) is 24.3 Å². The first-order chi connectivity index (χ1) is 9.58. The van der Waals surface area contributed by atoms with Gasteiger partial charge in [-0.2, -0.15) is 0 Å². The lowest BCUT2D eigenvalue weighted by Crippen LogP contribution is -2.25. The number of aliphatic hydroxyl groups is 1. The number of nitrogens with zero attached hydrogens (tertiary/aromatic N) is 2. The maximum absolute atomic E-state index is 13.3. The van der Waals surface area contributed by atoms with Crippen molar-refractivity contribution >= 4 is 16.7 Å². The second kappa shape index (κ2) is 5.00. The molecule has 0 aliphatic carbocycles. The van der Waals surface area contributed by atoms with Gasteiger partial charge in [-0.05, 0) is 30.7 Å². The van der Waals surface area contributed by atoms with Crippen molar-refractivity contribution in [1.29, 1.82) is 0 Å². The molecule has 2 atom stereocenters. The molecule has 20 heavy (non-hydrogen) atoms. The quantitative estimate of drug-likeness (QED) is 0.909. The van der Waals surface area contributed by atoms with E-state index in [1.807, 2.05) is 17.9 Å². The van der Waals surface area contributed by atoms with Crippen molar-refractivity contribution in [1.82, 2.24) is 4.98 Å². The van der Waals surface area contributed by atoms with Crippen molar-refractivity contribution in [3.05, 3.63) is 35.6 Å². The lowest BCUT2D eigenvalue weighted by atomic mass is 10.1. The summed E-state index contributed by atoms with van der Waals surface area (Å²) in [5.41, 5.74) is 1.68. The average Bonchev–Trinajstić information content (AvgIpc) is 2.79. The Morgan fingerprint density at radius 1 is 1.35 bits per heavy atom. The summed E-state index contributed by atoms with van der Waals surface area (Å²) < 4.78 is 18.6. The van der Waals surface area contributed by atoms with E-state index in [2.05, 4.69) is 4.98 Å². The number of benzene rings is 1. The first kappa shape index (κ1) is 13.3. The third-order valence-corrected chi connectivity index (χ3v) is 3.83. The summed E-state index contributed by atoms with van der Waals surface area (Å²) in [4.78, 5) is 6.47. The first-order valence-electron chi connectivity index (χ1n) is 6.61. The zero-order valence-electron chi connectivity index (χ0n) is 11.5. The number of pyridine rings is 1. The topological polar surface area (TPSA) is 45.6 Å². The number of rotatable bonds is 2. The lowest BCUT2D eigenvalue weighted by Gasteiger charge is -2.18. The van der Waals surface area contributed by atoms with E-state index in [-0.39, 0.29) is 11.9 Å². The molecule has 2 aromatic rings. The fraction of sp³-hybridized carbons (Fsp3) is 0.400. The normalized spacial score (nSPS) is 22.7. The van der Waals surface area contributed by atoms with Gasteiger partial charge in [-0.3, -0.25) is 0 Å². The number of hydrogen-bond acceptors (Lipinski definition) is 4. The first-order valence-corrected chi connectivity index (χ1v) is 6.61. The molecule has 0 bridgehead atoms. The van der Waals surface area contributed by atoms with Crippen LogP contribution in [0.2, 0.25) is 0 Å². The molecule has 1 aliphatic rings. The van der Waals surface area contributed by atoms with Crippen LogP contribution in [0, 0.1) is 12.7 Å². The Bertz CT molecular complexity index is 647. The van der Waals surface area contributed by atoms with Crippen molar-refractivity contribution < 1.29 is 14.2 Å². The minimum absolute atomic E-state index is 0.208. The highest BCUT2D eigenvalue weighted by Gasteiger charge is 2.32. The van der Waals surface area contributed by atoms with E-state index in [1.165, 1.54) is 12.1 Å². The molecule has 1 fully saturated rings. The number of aromatic nitrogens is 1. The Labute approximate surface area is 116 Å². The predicted molar refractivity (Wildman–Crippen MR) is 75.5 cm³/mol. The van der Waals surface area contributed by atoms with Crippen LogP contribution in [0.4, 0.5) is 10.2 Å². The van der Waals surface area contributed by atoms with Gasteiger partial charge in [0.1, 0.15) is 17.7 Å². The number of aryl methyl sites for hydroxylation is 1. The number of hydrogen-bond donors (Lipinski definition) is 1. The van der Waals surface area contributed by atoms with Gasteiger partial charge >= 0.3 is 0 Å². The molecule has 5 heteroatoms. The molecule has 0 amide bonds. The van der Waals surface area contributed by atoms with E-state index >= 15 is 0 Å². The van der Waals surface area contributed by atoms with E-state index in [1.54, 1.807) is 13.2 Å². The number of aliphatic hydroxyl groups excluding tert-OH is 1. The summed E-state index contributed by atoms with van der Waals surface area (Å²) in [5, 5.41) is 10.8. The number of anilines is 1. The summed E-state index contributed by atoms with van der Waals surface area (Å²) in [5.74, 6) is 0.456. The lowest BCUT2D eigenvalue weighted by molar-refractivity contribution is 0.0217. The van der Waals surface area contributed by atoms with Crippen LogP contribution in [0.5, 0.6) is 0 Å². The molecular formula is C15H17FN2O2. The Morgan fingerprint density at radius 3 is 2.85 bits per heavy atom. The Kier molecular flexibility index (Phi) is 3.31. The third-order valence-electron chi connectivity index (χ3n) is 3.83. The molecule has 1 aromatic heterocycles. The molecule has 4 nitrogen and oxygen atoms in total. The predicted octanol–water partition coefficient (Wildman–Crippen LogP) is 1.88. The van der Waals surface area contributed by atoms with Crippen LogP contribution < -0.4 is 4.90 Å². The van der Waals surface area contributed by atoms with Gasteiger partial charge in [0.05, 0.1) is 11.6 Å². The molecule has 1 N–H and O–H groups in total. The van der Waals surface area contributed by atoms with Gasteiger partial charge in [-0.25, -0.2) is 9.37 Å². The van der Waals surface area contributed by atoms with Crippen molar-refractivity contribution in [3.63, 3.8) is 0 Å². The monoisotopic (exact) mass is 276 g/mol. The van der Waals surface area contributed by atoms with Crippen molar-refractivity contribution in [2.24, 2.45) is 0 Å². The fourth-order valence-electron chi connectivity index (χ4n) is 2.70. The van der Waals surface area contributed by atoms with Crippen LogP contribution in [0.3, 0.4) is 0 Å². The summed E-state index contributed by atoms with van der Waals surface area (Å²) in [6.45, 7) is 3.04. The van der Waals surface area contributed by atoms with Gasteiger partial charge in [0.15, 0.2) is 0 Å². The van der Waals surface area contributed by atoms with Crippen LogP contribution in [-0.2, 0) is 4.74 Å². The molecule has 0 unspecified atom stereocenters. The molecule has 106 valence electrons. The van der Waals surface area contributed by atoms with Gasteiger partial charge < -0.3 is 14.7 Å². The molecule has 0 spiro atoms. The molecule has 1 saturated heterocycles. The minimum atomic E-state index is -0.523. The average molecular weight is 276 g/mol. The molecule has 1 aromatic carbocycles. The Balaban J connectivity index is 2.00. The SMILES string of the molecule is CO[C@H]1CN(c2cc(C)c3ccc(F)cc3n2)C[C@@H]1O. The number of fused-ring (bicyclic) bond motifs is 1. The molecule has 0 saturated carbocycles. The standard InChI is InChI=1S/C15H17FN2O2/c1-9-5-15(18-7-13(19)14(8-18)20-2)17-12-6-10(16)3-4-11(9)12/h3-6,13-14,19H,7-8H2,1-2H3/t13-,14-/m0/s1. The van der Waals surface area contributed by atoms with Gasteiger partial charge in [0, 0.05) is 31.7 Å². The molecule has 3 rings (SSSR count). The van der Waals surface area contributed by atoms with Crippen molar-refractivity contribution in [3.8, 4) is 0 Å². The van der Waals surface area contributed by atoms with E-state index < -0.39 is 6.10 Å². The number of β-amino-alcohol motifs (C(OH)–C–C–N with tert-alkyl or cyclic N) is 1. The van der Waals surface area contributed by atoms with Crippen molar-refractivity contribution in [2.75, 3.05) is 25.1 Å². The van der Waals surface area contributed by atoms with Crippen LogP contribution in [0.25, 0.3) is 10.9 Å². The molecular weight excluding hydrogens is 259 g/mol. The summed E-state index contributed by atoms with van der Waals surface area (Å²) in [6, 6.07) is 6.59. The highest BCUT2D eigenvalue weighted by Crippen LogP contribution is 2.26. The van der Waals surface area contributed by atoms with E-state index in [4.69, 9.17) is 4.74 Å². The largest absolute Gasteiger partial charge is 0.388 e. The van der Waals surface area contributed by atoms with E-state index in [0.717, 1.165) is 16.8 Å². The maximum Gasteiger partial charge on any atom is 0.129 e. The summed E-state index contributed by atoms with van der Waals surface area (Å²) in [6.07, 6.45) is -0.731. The van der Waals surface area contributed by atoms with Crippen LogP contribution in [0.1, 0.15) is 5.56 Å². The molecule has 1 aliphatic heterocycles. The van der Waals surface area contributed by atoms with Crippen LogP contribution >= 0.6 is 0 Å². The highest BCUT2D eigenvalue weighted by molar-refractivity contribution is 5.84. The number of ether oxygens (including phenoxy) is 1. The van der Waals surface area contributed by atoms with E-state index in [0.29, 0.717) is 18.6 Å². The summed E-state index contributed by atoms with van der Waals surface area (Å²) >= 11 is 0. The zero-order valence-corrected chi connectivity index (χ0v) is 11.5. The summed E-state index contributed by atoms with van der Waals surface area (Å²) in [7, 11) is 1.59. The zero-order chi connectivity index (χ0) is 14.3. The Morgan fingerprint density at radius 2 is 2.15 bits per heavy atom. The van der Waals surface area contributed by atoms with Gasteiger partial charge in [0.2, 0.25) is 0 Å². The van der Waals surface area contributed by atoms with Crippen LogP contribution in [-0.4, -0.2) is 42.5 Å². The maximum atomic E-state index is 13.3. The van der Waals surface area contributed by atoms with E-state index in [9.17, 15) is 9.50 Å². The van der Waals surface area contributed by atoms with Gasteiger partial charge in [0.25, 0.3) is 0 Å². The van der Waals surface area contributed by atoms with Crippen molar-refractivity contribution in [2.45, 2.75) is 19.1 Å². The molecule has 0 radical (unpaired) electrons. The number of halogens is 1. The van der Waals surface area contributed by atoms with Gasteiger partial charge in [-0.15, -0.1) is 0 Å². The molecule has 2 heterocycles. The second-order valence-corrected chi connectivity index (χ2v) is 5.21. The third kappa shape index (κ3) is 2.23. The Hall–Kier alpha value is -1.72. The number of methoxy groups -OCH3 is 1. The van der Waals surface area contributed by atoms with Gasteiger partial charge in [-0.1, -0.05) is 0 Å². The minimum Gasteiger partial charge on any atom is -0.388 e. The smallest absolute Gasteiger partial charge is 0.129 e.